The van der Waals surface area contributed by atoms with Crippen LogP contribution in [0.5, 0.6) is 0 Å². The minimum Gasteiger partial charge on any atom is -0.454 e. The molecule has 1 N–H and O–H groups in total. The Hall–Kier alpha value is -3.77. The lowest BCUT2D eigenvalue weighted by atomic mass is 10.1. The van der Waals surface area contributed by atoms with Gasteiger partial charge in [0, 0.05) is 23.6 Å². The number of aryl methyl sites for hydroxylation is 2. The second-order valence-electron chi connectivity index (χ2n) is 7.73. The molecule has 9 heteroatoms. The molecule has 2 aromatic heterocycles. The van der Waals surface area contributed by atoms with Crippen LogP contribution < -0.4 is 5.32 Å². The molecule has 0 saturated heterocycles. The number of anilines is 1. The number of amides is 1. The van der Waals surface area contributed by atoms with Crippen LogP contribution in [0.1, 0.15) is 57.6 Å². The van der Waals surface area contributed by atoms with Crippen LogP contribution in [0.3, 0.4) is 0 Å². The summed E-state index contributed by atoms with van der Waals surface area (Å²) in [7, 11) is 0. The molecule has 0 radical (unpaired) electrons. The van der Waals surface area contributed by atoms with Crippen molar-refractivity contribution >= 4 is 35.0 Å². The van der Waals surface area contributed by atoms with Crippen LogP contribution in [0.25, 0.3) is 6.08 Å². The second-order valence-corrected chi connectivity index (χ2v) is 8.79. The van der Waals surface area contributed by atoms with Gasteiger partial charge in [-0.3, -0.25) is 4.79 Å². The van der Waals surface area contributed by atoms with Gasteiger partial charge in [-0.05, 0) is 62.1 Å². The summed E-state index contributed by atoms with van der Waals surface area (Å²) < 4.78 is 7.41. The lowest BCUT2D eigenvalue weighted by Crippen LogP contribution is -2.11. The molecule has 0 spiro atoms. The number of esters is 1. The van der Waals surface area contributed by atoms with E-state index in [-0.39, 0.29) is 23.1 Å². The monoisotopic (exact) mass is 477 g/mol. The SMILES string of the molecule is CCCn1c(C)cc(C=C(C#N)C(=O)OCc2nnc(C(=O)Nc3ccc(CC)cc3)s2)c1C. The minimum absolute atomic E-state index is 0.102. The molecule has 2 heterocycles. The third-order valence-corrected chi connectivity index (χ3v) is 6.20. The highest BCUT2D eigenvalue weighted by atomic mass is 32.1. The zero-order valence-electron chi connectivity index (χ0n) is 19.7. The van der Waals surface area contributed by atoms with E-state index in [0.29, 0.717) is 10.7 Å². The number of hydrogen-bond acceptors (Lipinski definition) is 7. The number of carbonyl (C=O) groups is 2. The Morgan fingerprint density at radius 1 is 1.21 bits per heavy atom. The van der Waals surface area contributed by atoms with Gasteiger partial charge in [0.05, 0.1) is 0 Å². The van der Waals surface area contributed by atoms with E-state index in [1.165, 1.54) is 5.56 Å². The average Bonchev–Trinajstić information content (AvgIpc) is 3.42. The Kier molecular flexibility index (Phi) is 8.33. The maximum absolute atomic E-state index is 12.5. The van der Waals surface area contributed by atoms with Crippen LogP contribution in [-0.2, 0) is 29.1 Å². The Bertz CT molecular complexity index is 1250. The number of nitriles is 1. The summed E-state index contributed by atoms with van der Waals surface area (Å²) in [4.78, 5) is 24.9. The number of nitrogens with one attached hydrogen (secondary N) is 1. The molecule has 0 atom stereocenters. The Labute approximate surface area is 202 Å². The molecular formula is C25H27N5O3S. The first-order valence-corrected chi connectivity index (χ1v) is 11.9. The molecule has 0 aliphatic rings. The van der Waals surface area contributed by atoms with Crippen molar-refractivity contribution in [2.24, 2.45) is 0 Å². The van der Waals surface area contributed by atoms with Gasteiger partial charge in [-0.2, -0.15) is 5.26 Å². The van der Waals surface area contributed by atoms with E-state index in [9.17, 15) is 14.9 Å². The molecule has 0 saturated carbocycles. The van der Waals surface area contributed by atoms with E-state index < -0.39 is 5.97 Å². The van der Waals surface area contributed by atoms with Gasteiger partial charge in [-0.25, -0.2) is 4.79 Å². The summed E-state index contributed by atoms with van der Waals surface area (Å²) in [6.45, 7) is 8.80. The van der Waals surface area contributed by atoms with Crippen LogP contribution in [0.15, 0.2) is 35.9 Å². The van der Waals surface area contributed by atoms with Crippen molar-refractivity contribution in [2.75, 3.05) is 5.32 Å². The van der Waals surface area contributed by atoms with Gasteiger partial charge < -0.3 is 14.6 Å². The van der Waals surface area contributed by atoms with Crippen molar-refractivity contribution in [2.45, 2.75) is 53.7 Å². The predicted molar refractivity (Wildman–Crippen MR) is 131 cm³/mol. The Morgan fingerprint density at radius 3 is 2.59 bits per heavy atom. The highest BCUT2D eigenvalue weighted by Gasteiger charge is 2.17. The van der Waals surface area contributed by atoms with Crippen molar-refractivity contribution in [3.8, 4) is 6.07 Å². The fourth-order valence-corrected chi connectivity index (χ4v) is 4.10. The number of aromatic nitrogens is 3. The first-order chi connectivity index (χ1) is 16.4. The van der Waals surface area contributed by atoms with E-state index >= 15 is 0 Å². The van der Waals surface area contributed by atoms with Crippen molar-refractivity contribution in [3.05, 3.63) is 68.4 Å². The van der Waals surface area contributed by atoms with Gasteiger partial charge in [0.1, 0.15) is 18.2 Å². The molecule has 0 bridgehead atoms. The van der Waals surface area contributed by atoms with Gasteiger partial charge in [-0.15, -0.1) is 10.2 Å². The molecular weight excluding hydrogens is 450 g/mol. The largest absolute Gasteiger partial charge is 0.454 e. The van der Waals surface area contributed by atoms with Gasteiger partial charge in [0.25, 0.3) is 5.91 Å². The highest BCUT2D eigenvalue weighted by Crippen LogP contribution is 2.20. The smallest absolute Gasteiger partial charge is 0.349 e. The average molecular weight is 478 g/mol. The van der Waals surface area contributed by atoms with Crippen LogP contribution in [0, 0.1) is 25.2 Å². The van der Waals surface area contributed by atoms with Crippen LogP contribution in [-0.4, -0.2) is 26.6 Å². The fraction of sp³-hybridized carbons (Fsp3) is 0.320. The molecule has 0 aliphatic carbocycles. The quantitative estimate of drug-likeness (QED) is 0.268. The lowest BCUT2D eigenvalue weighted by molar-refractivity contribution is -0.139. The van der Waals surface area contributed by atoms with E-state index in [1.807, 2.05) is 50.2 Å². The number of rotatable bonds is 9. The Morgan fingerprint density at radius 2 is 1.94 bits per heavy atom. The molecule has 34 heavy (non-hydrogen) atoms. The van der Waals surface area contributed by atoms with Crippen molar-refractivity contribution < 1.29 is 14.3 Å². The third-order valence-electron chi connectivity index (χ3n) is 5.31. The molecule has 1 amide bonds. The predicted octanol–water partition coefficient (Wildman–Crippen LogP) is 4.83. The minimum atomic E-state index is -0.750. The maximum Gasteiger partial charge on any atom is 0.349 e. The molecule has 176 valence electrons. The van der Waals surface area contributed by atoms with Crippen LogP contribution >= 0.6 is 11.3 Å². The zero-order chi connectivity index (χ0) is 24.7. The topological polar surface area (TPSA) is 110 Å². The highest BCUT2D eigenvalue weighted by molar-refractivity contribution is 7.13. The van der Waals surface area contributed by atoms with Crippen molar-refractivity contribution in [1.29, 1.82) is 5.26 Å². The second kappa shape index (κ2) is 11.4. The molecule has 0 fully saturated rings. The number of nitrogens with zero attached hydrogens (tertiary/aromatic N) is 4. The zero-order valence-corrected chi connectivity index (χ0v) is 20.5. The Balaban J connectivity index is 1.62. The number of benzene rings is 1. The molecule has 3 rings (SSSR count). The maximum atomic E-state index is 12.5. The number of carbonyl (C=O) groups excluding carboxylic acids is 2. The van der Waals surface area contributed by atoms with Gasteiger partial charge in [0.2, 0.25) is 5.01 Å². The summed E-state index contributed by atoms with van der Waals surface area (Å²) in [6.07, 6.45) is 3.44. The fourth-order valence-electron chi connectivity index (χ4n) is 3.45. The molecule has 8 nitrogen and oxygen atoms in total. The summed E-state index contributed by atoms with van der Waals surface area (Å²) in [5, 5.41) is 20.6. The summed E-state index contributed by atoms with van der Waals surface area (Å²) in [5.74, 6) is -1.14. The van der Waals surface area contributed by atoms with Crippen LogP contribution in [0.4, 0.5) is 5.69 Å². The van der Waals surface area contributed by atoms with E-state index in [0.717, 1.165) is 47.7 Å². The standard InChI is InChI=1S/C25H27N5O3S/c1-5-11-30-16(3)12-19(17(30)4)13-20(14-26)25(32)33-15-22-28-29-24(34-22)23(31)27-21-9-7-18(6-2)8-10-21/h7-10,12-13H,5-6,11,15H2,1-4H3,(H,27,31). The summed E-state index contributed by atoms with van der Waals surface area (Å²) >= 11 is 1.03. The van der Waals surface area contributed by atoms with Gasteiger partial charge in [0.15, 0.2) is 5.01 Å². The van der Waals surface area contributed by atoms with Gasteiger partial charge >= 0.3 is 5.97 Å². The summed E-state index contributed by atoms with van der Waals surface area (Å²) in [5.41, 5.74) is 4.59. The first-order valence-electron chi connectivity index (χ1n) is 11.0. The van der Waals surface area contributed by atoms with Crippen LogP contribution in [0.2, 0.25) is 0 Å². The molecule has 3 aromatic rings. The van der Waals surface area contributed by atoms with Crippen molar-refractivity contribution in [3.63, 3.8) is 0 Å². The summed E-state index contributed by atoms with van der Waals surface area (Å²) in [6, 6.07) is 11.4. The van der Waals surface area contributed by atoms with E-state index in [1.54, 1.807) is 6.08 Å². The number of ether oxygens (including phenoxy) is 1. The number of hydrogen-bond donors (Lipinski definition) is 1. The lowest BCUT2D eigenvalue weighted by Gasteiger charge is -2.07. The molecule has 0 unspecified atom stereocenters. The first kappa shape index (κ1) is 24.9. The third kappa shape index (κ3) is 5.97. The normalized spacial score (nSPS) is 11.2. The van der Waals surface area contributed by atoms with E-state index in [4.69, 9.17) is 4.74 Å². The van der Waals surface area contributed by atoms with Crippen molar-refractivity contribution in [1.82, 2.24) is 14.8 Å². The van der Waals surface area contributed by atoms with E-state index in [2.05, 4.69) is 33.9 Å². The van der Waals surface area contributed by atoms with Gasteiger partial charge in [-0.1, -0.05) is 37.3 Å². The molecule has 1 aromatic carbocycles. The molecule has 0 aliphatic heterocycles.